The molecule has 1 aromatic carbocycles. The average molecular weight is 232 g/mol. The van der Waals surface area contributed by atoms with Crippen LogP contribution in [0.5, 0.6) is 0 Å². The fraction of sp³-hybridized carbons (Fsp3) is 0.500. The third-order valence-corrected chi connectivity index (χ3v) is 3.48. The number of carbonyl (C=O) groups is 1. The number of carbonyl (C=O) groups excluding carboxylic acids is 1. The maximum absolute atomic E-state index is 12.4. The minimum absolute atomic E-state index is 0.204. The monoisotopic (exact) mass is 232 g/mol. The van der Waals surface area contributed by atoms with Crippen LogP contribution in [0.1, 0.15) is 32.3 Å². The number of benzene rings is 1. The largest absolute Gasteiger partial charge is 0.330 e. The third kappa shape index (κ3) is 1.95. The summed E-state index contributed by atoms with van der Waals surface area (Å²) in [6.45, 7) is 5.46. The Hall–Kier alpha value is -1.35. The molecule has 3 heteroatoms. The molecule has 1 amide bonds. The predicted molar refractivity (Wildman–Crippen MR) is 70.1 cm³/mol. The Balaban J connectivity index is 2.27. The number of fused-ring (bicyclic) bond motifs is 1. The van der Waals surface area contributed by atoms with Crippen LogP contribution in [-0.4, -0.2) is 19.0 Å². The van der Waals surface area contributed by atoms with Crippen LogP contribution in [0.4, 0.5) is 5.69 Å². The van der Waals surface area contributed by atoms with Crippen LogP contribution in [0.15, 0.2) is 24.3 Å². The highest BCUT2D eigenvalue weighted by Gasteiger charge is 2.42. The van der Waals surface area contributed by atoms with Crippen molar-refractivity contribution in [3.8, 4) is 0 Å². The van der Waals surface area contributed by atoms with Gasteiger partial charge in [-0.2, -0.15) is 0 Å². The Morgan fingerprint density at radius 3 is 2.65 bits per heavy atom. The number of amides is 1. The molecular formula is C14H20N2O. The third-order valence-electron chi connectivity index (χ3n) is 3.48. The van der Waals surface area contributed by atoms with Crippen LogP contribution in [0.3, 0.4) is 0 Å². The first kappa shape index (κ1) is 12.1. The van der Waals surface area contributed by atoms with Gasteiger partial charge in [0.05, 0.1) is 5.41 Å². The standard InChI is InChI=1S/C14H20N2O/c1-14(2)11-7-3-4-8-12(11)16(13(14)17)10-6-5-9-15/h3-4,7-8H,5-6,9-10,15H2,1-2H3. The van der Waals surface area contributed by atoms with Gasteiger partial charge >= 0.3 is 0 Å². The number of unbranched alkanes of at least 4 members (excludes halogenated alkanes) is 1. The maximum atomic E-state index is 12.4. The first-order valence-corrected chi connectivity index (χ1v) is 6.20. The molecule has 1 aliphatic heterocycles. The smallest absolute Gasteiger partial charge is 0.237 e. The molecule has 0 atom stereocenters. The molecule has 1 heterocycles. The Bertz CT molecular complexity index is 426. The van der Waals surface area contributed by atoms with Gasteiger partial charge in [0.15, 0.2) is 0 Å². The van der Waals surface area contributed by atoms with Gasteiger partial charge in [-0.05, 0) is 44.9 Å². The van der Waals surface area contributed by atoms with E-state index in [4.69, 9.17) is 5.73 Å². The maximum Gasteiger partial charge on any atom is 0.237 e. The summed E-state index contributed by atoms with van der Waals surface area (Å²) in [5.41, 5.74) is 7.31. The van der Waals surface area contributed by atoms with Crippen molar-refractivity contribution in [3.63, 3.8) is 0 Å². The summed E-state index contributed by atoms with van der Waals surface area (Å²) in [4.78, 5) is 14.3. The van der Waals surface area contributed by atoms with E-state index in [2.05, 4.69) is 6.07 Å². The van der Waals surface area contributed by atoms with Gasteiger partial charge in [0.25, 0.3) is 0 Å². The zero-order valence-electron chi connectivity index (χ0n) is 10.6. The second-order valence-corrected chi connectivity index (χ2v) is 5.09. The van der Waals surface area contributed by atoms with Crippen LogP contribution in [0, 0.1) is 0 Å². The van der Waals surface area contributed by atoms with Crippen LogP contribution in [-0.2, 0) is 10.2 Å². The second-order valence-electron chi connectivity index (χ2n) is 5.09. The molecule has 2 rings (SSSR count). The van der Waals surface area contributed by atoms with Crippen LogP contribution >= 0.6 is 0 Å². The Kier molecular flexibility index (Phi) is 3.20. The van der Waals surface area contributed by atoms with Crippen molar-refractivity contribution in [2.24, 2.45) is 5.73 Å². The van der Waals surface area contributed by atoms with E-state index in [1.165, 1.54) is 0 Å². The lowest BCUT2D eigenvalue weighted by Crippen LogP contribution is -2.36. The fourth-order valence-corrected chi connectivity index (χ4v) is 2.44. The highest BCUT2D eigenvalue weighted by molar-refractivity contribution is 6.07. The minimum Gasteiger partial charge on any atom is -0.330 e. The molecule has 0 unspecified atom stereocenters. The summed E-state index contributed by atoms with van der Waals surface area (Å²) in [7, 11) is 0. The van der Waals surface area contributed by atoms with Crippen molar-refractivity contribution in [2.75, 3.05) is 18.0 Å². The van der Waals surface area contributed by atoms with Gasteiger partial charge in [0, 0.05) is 12.2 Å². The Morgan fingerprint density at radius 1 is 1.24 bits per heavy atom. The molecule has 0 aromatic heterocycles. The van der Waals surface area contributed by atoms with Gasteiger partial charge in [-0.25, -0.2) is 0 Å². The van der Waals surface area contributed by atoms with Gasteiger partial charge in [0.2, 0.25) is 5.91 Å². The number of hydrogen-bond acceptors (Lipinski definition) is 2. The molecular weight excluding hydrogens is 212 g/mol. The van der Waals surface area contributed by atoms with E-state index >= 15 is 0 Å². The Morgan fingerprint density at radius 2 is 1.94 bits per heavy atom. The number of anilines is 1. The van der Waals surface area contributed by atoms with Gasteiger partial charge in [-0.15, -0.1) is 0 Å². The molecule has 1 aliphatic rings. The normalized spacial score (nSPS) is 17.4. The van der Waals surface area contributed by atoms with Crippen molar-refractivity contribution >= 4 is 11.6 Å². The molecule has 3 nitrogen and oxygen atoms in total. The van der Waals surface area contributed by atoms with Gasteiger partial charge < -0.3 is 10.6 Å². The SMILES string of the molecule is CC1(C)C(=O)N(CCCCN)c2ccccc21. The molecule has 1 aromatic rings. The van der Waals surface area contributed by atoms with E-state index in [1.54, 1.807) is 0 Å². The van der Waals surface area contributed by atoms with Gasteiger partial charge in [-0.1, -0.05) is 18.2 Å². The van der Waals surface area contributed by atoms with E-state index in [9.17, 15) is 4.79 Å². The molecule has 0 bridgehead atoms. The Labute approximate surface area is 103 Å². The van der Waals surface area contributed by atoms with Crippen molar-refractivity contribution in [3.05, 3.63) is 29.8 Å². The second kappa shape index (κ2) is 4.49. The summed E-state index contributed by atoms with van der Waals surface area (Å²) in [6, 6.07) is 8.07. The van der Waals surface area contributed by atoms with E-state index in [0.717, 1.165) is 30.6 Å². The molecule has 0 saturated carbocycles. The molecule has 0 radical (unpaired) electrons. The van der Waals surface area contributed by atoms with E-state index in [-0.39, 0.29) is 11.3 Å². The molecule has 2 N–H and O–H groups in total. The summed E-state index contributed by atoms with van der Waals surface area (Å²) in [5, 5.41) is 0. The van der Waals surface area contributed by atoms with Crippen molar-refractivity contribution in [1.82, 2.24) is 0 Å². The van der Waals surface area contributed by atoms with Gasteiger partial charge in [0.1, 0.15) is 0 Å². The van der Waals surface area contributed by atoms with E-state index in [1.807, 2.05) is 36.9 Å². The topological polar surface area (TPSA) is 46.3 Å². The zero-order valence-corrected chi connectivity index (χ0v) is 10.6. The molecule has 0 spiro atoms. The first-order chi connectivity index (χ1) is 8.09. The number of rotatable bonds is 4. The average Bonchev–Trinajstić information content (AvgIpc) is 2.51. The van der Waals surface area contributed by atoms with Crippen molar-refractivity contribution in [1.29, 1.82) is 0 Å². The number of nitrogens with zero attached hydrogens (tertiary/aromatic N) is 1. The number of para-hydroxylation sites is 1. The van der Waals surface area contributed by atoms with Gasteiger partial charge in [-0.3, -0.25) is 4.79 Å². The van der Waals surface area contributed by atoms with Crippen LogP contribution < -0.4 is 10.6 Å². The predicted octanol–water partition coefficient (Wildman–Crippen LogP) is 2.05. The summed E-state index contributed by atoms with van der Waals surface area (Å²) >= 11 is 0. The summed E-state index contributed by atoms with van der Waals surface area (Å²) in [6.07, 6.45) is 1.93. The highest BCUT2D eigenvalue weighted by Crippen LogP contribution is 2.41. The lowest BCUT2D eigenvalue weighted by molar-refractivity contribution is -0.122. The lowest BCUT2D eigenvalue weighted by atomic mass is 9.86. The minimum atomic E-state index is -0.390. The quantitative estimate of drug-likeness (QED) is 0.808. The lowest BCUT2D eigenvalue weighted by Gasteiger charge is -2.20. The number of hydrogen-bond donors (Lipinski definition) is 1. The molecule has 17 heavy (non-hydrogen) atoms. The zero-order chi connectivity index (χ0) is 12.5. The summed E-state index contributed by atoms with van der Waals surface area (Å²) in [5.74, 6) is 0.204. The van der Waals surface area contributed by atoms with Crippen molar-refractivity contribution < 1.29 is 4.79 Å². The molecule has 92 valence electrons. The first-order valence-electron chi connectivity index (χ1n) is 6.20. The van der Waals surface area contributed by atoms with E-state index < -0.39 is 0 Å². The van der Waals surface area contributed by atoms with E-state index in [0.29, 0.717) is 6.54 Å². The molecule has 0 aliphatic carbocycles. The summed E-state index contributed by atoms with van der Waals surface area (Å²) < 4.78 is 0. The molecule has 0 saturated heterocycles. The number of nitrogens with two attached hydrogens (primary N) is 1. The van der Waals surface area contributed by atoms with Crippen LogP contribution in [0.25, 0.3) is 0 Å². The van der Waals surface area contributed by atoms with Crippen molar-refractivity contribution in [2.45, 2.75) is 32.1 Å². The fourth-order valence-electron chi connectivity index (χ4n) is 2.44. The van der Waals surface area contributed by atoms with Crippen LogP contribution in [0.2, 0.25) is 0 Å². The highest BCUT2D eigenvalue weighted by atomic mass is 16.2. The molecule has 0 fully saturated rings.